The summed E-state index contributed by atoms with van der Waals surface area (Å²) in [6.45, 7) is 1.39. The molecular formula is C19H20F4N5O3S+. The lowest BCUT2D eigenvalue weighted by atomic mass is 9.93. The first-order chi connectivity index (χ1) is 14.6. The van der Waals surface area contributed by atoms with Crippen LogP contribution in [0.1, 0.15) is 28.5 Å². The third-order valence-corrected chi connectivity index (χ3v) is 7.01. The Kier molecular flexibility index (Phi) is 5.66. The molecule has 2 aromatic rings. The largest absolute Gasteiger partial charge is 0.422 e. The van der Waals surface area contributed by atoms with Gasteiger partial charge in [-0.1, -0.05) is 0 Å². The van der Waals surface area contributed by atoms with Crippen LogP contribution in [0.3, 0.4) is 0 Å². The Morgan fingerprint density at radius 2 is 1.94 bits per heavy atom. The molecule has 0 bridgehead atoms. The first-order valence-corrected chi connectivity index (χ1v) is 10.8. The molecular weight excluding hydrogens is 454 g/mol. The van der Waals surface area contributed by atoms with Gasteiger partial charge < -0.3 is 11.1 Å². The highest BCUT2D eigenvalue weighted by Gasteiger charge is 2.42. The number of alkyl halides is 3. The fraction of sp³-hybridized carbons (Fsp3) is 0.316. The van der Waals surface area contributed by atoms with E-state index in [4.69, 9.17) is 5.73 Å². The van der Waals surface area contributed by atoms with Crippen LogP contribution in [0, 0.1) is 5.82 Å². The third-order valence-electron chi connectivity index (χ3n) is 5.06. The molecule has 0 radical (unpaired) electrons. The molecule has 0 saturated carbocycles. The highest BCUT2D eigenvalue weighted by Crippen LogP contribution is 2.35. The summed E-state index contributed by atoms with van der Waals surface area (Å²) < 4.78 is 79.7. The van der Waals surface area contributed by atoms with Crippen LogP contribution in [0.15, 0.2) is 41.5 Å². The second kappa shape index (κ2) is 7.73. The van der Waals surface area contributed by atoms with E-state index in [-0.39, 0.29) is 22.9 Å². The van der Waals surface area contributed by atoms with Gasteiger partial charge >= 0.3 is 12.1 Å². The number of aliphatic imine (C=N–C) groups is 1. The third kappa shape index (κ3) is 4.38. The Labute approximate surface area is 181 Å². The molecule has 2 heterocycles. The van der Waals surface area contributed by atoms with Crippen molar-refractivity contribution in [3.05, 3.63) is 59.2 Å². The van der Waals surface area contributed by atoms with Crippen LogP contribution in [-0.2, 0) is 28.8 Å². The van der Waals surface area contributed by atoms with Gasteiger partial charge in [0.1, 0.15) is 24.0 Å². The van der Waals surface area contributed by atoms with E-state index in [1.807, 2.05) is 0 Å². The number of nitrogens with two attached hydrogens (primary N) is 1. The summed E-state index contributed by atoms with van der Waals surface area (Å²) in [6.07, 6.45) is -3.79. The summed E-state index contributed by atoms with van der Waals surface area (Å²) in [6, 6.07) is 5.26. The molecule has 8 nitrogen and oxygen atoms in total. The molecule has 1 aromatic carbocycles. The second-order valence-corrected chi connectivity index (χ2v) is 9.53. The fourth-order valence-corrected chi connectivity index (χ4v) is 4.76. The zero-order chi connectivity index (χ0) is 24.1. The monoisotopic (exact) mass is 474 g/mol. The van der Waals surface area contributed by atoms with Crippen LogP contribution in [0.4, 0.5) is 23.2 Å². The van der Waals surface area contributed by atoms with Crippen molar-refractivity contribution in [2.24, 2.45) is 17.8 Å². The summed E-state index contributed by atoms with van der Waals surface area (Å²) >= 11 is 0. The van der Waals surface area contributed by atoms with E-state index < -0.39 is 44.8 Å². The molecule has 3 N–H and O–H groups in total. The van der Waals surface area contributed by atoms with E-state index in [1.54, 1.807) is 0 Å². The molecule has 0 fully saturated rings. The topological polar surface area (TPSA) is 109 Å². The Hall–Kier alpha value is -3.22. The standard InChI is InChI=1S/C19H19F4N5O3S/c1-18(10-32(30,31)28(3)17(24)26-18)13-8-12(5-6-14(13)20)25-16(29)15-7-4-11(9-27(15)2)19(21,22)23/h4-9H,10H2,1-3H3,(H2-,24,25,26,29)/p+1. The lowest BCUT2D eigenvalue weighted by Crippen LogP contribution is -2.50. The Morgan fingerprint density at radius 3 is 2.50 bits per heavy atom. The van der Waals surface area contributed by atoms with Gasteiger partial charge in [0.2, 0.25) is 16.0 Å². The van der Waals surface area contributed by atoms with Gasteiger partial charge in [0, 0.05) is 24.4 Å². The fourth-order valence-electron chi connectivity index (χ4n) is 3.31. The molecule has 1 aromatic heterocycles. The van der Waals surface area contributed by atoms with E-state index in [1.165, 1.54) is 33.2 Å². The number of pyridine rings is 1. The number of halogens is 4. The zero-order valence-electron chi connectivity index (χ0n) is 17.2. The maximum Gasteiger partial charge on any atom is 0.422 e. The molecule has 172 valence electrons. The van der Waals surface area contributed by atoms with Crippen molar-refractivity contribution in [3.8, 4) is 0 Å². The van der Waals surface area contributed by atoms with Crippen molar-refractivity contribution in [2.75, 3.05) is 18.1 Å². The molecule has 0 aliphatic carbocycles. The van der Waals surface area contributed by atoms with Crippen LogP contribution >= 0.6 is 0 Å². The number of amides is 1. The molecule has 1 unspecified atom stereocenters. The Bertz CT molecular complexity index is 1230. The van der Waals surface area contributed by atoms with E-state index in [0.29, 0.717) is 0 Å². The SMILES string of the molecule is CN1C(N)=NC(C)(c2cc(NC(=O)c3ccc(C(F)(F)F)c[n+]3C)ccc2F)CS1(=O)=O. The number of anilines is 1. The first kappa shape index (κ1) is 23.4. The van der Waals surface area contributed by atoms with E-state index >= 15 is 0 Å². The van der Waals surface area contributed by atoms with E-state index in [9.17, 15) is 30.8 Å². The number of sulfonamides is 1. The highest BCUT2D eigenvalue weighted by atomic mass is 32.2. The number of nitrogens with one attached hydrogen (secondary N) is 1. The molecule has 32 heavy (non-hydrogen) atoms. The van der Waals surface area contributed by atoms with Gasteiger partial charge in [-0.25, -0.2) is 22.1 Å². The molecule has 0 spiro atoms. The van der Waals surface area contributed by atoms with Crippen molar-refractivity contribution < 1.29 is 35.3 Å². The number of hydrogen-bond acceptors (Lipinski definition) is 5. The Balaban J connectivity index is 1.94. The van der Waals surface area contributed by atoms with Gasteiger partial charge in [-0.05, 0) is 31.2 Å². The normalized spacial score (nSPS) is 20.6. The molecule has 0 saturated heterocycles. The average molecular weight is 474 g/mol. The van der Waals surface area contributed by atoms with Crippen LogP contribution in [0.25, 0.3) is 0 Å². The van der Waals surface area contributed by atoms with Gasteiger partial charge in [-0.2, -0.15) is 17.7 Å². The number of aryl methyl sites for hydroxylation is 1. The number of carbonyl (C=O) groups is 1. The summed E-state index contributed by atoms with van der Waals surface area (Å²) in [5.74, 6) is -2.38. The second-order valence-electron chi connectivity index (χ2n) is 7.53. The van der Waals surface area contributed by atoms with E-state index in [2.05, 4.69) is 10.3 Å². The van der Waals surface area contributed by atoms with Gasteiger partial charge in [0.25, 0.3) is 5.69 Å². The average Bonchev–Trinajstić information content (AvgIpc) is 2.66. The summed E-state index contributed by atoms with van der Waals surface area (Å²) in [4.78, 5) is 16.7. The maximum absolute atomic E-state index is 14.6. The number of guanidine groups is 1. The van der Waals surface area contributed by atoms with Crippen molar-refractivity contribution in [1.82, 2.24) is 4.31 Å². The van der Waals surface area contributed by atoms with Crippen molar-refractivity contribution in [2.45, 2.75) is 18.6 Å². The maximum atomic E-state index is 14.6. The van der Waals surface area contributed by atoms with Crippen LogP contribution < -0.4 is 15.6 Å². The van der Waals surface area contributed by atoms with Gasteiger partial charge in [-0.3, -0.25) is 4.79 Å². The number of hydrogen-bond donors (Lipinski definition) is 2. The first-order valence-electron chi connectivity index (χ1n) is 9.14. The summed E-state index contributed by atoms with van der Waals surface area (Å²) in [7, 11) is -1.35. The number of nitrogens with zero attached hydrogens (tertiary/aromatic N) is 3. The van der Waals surface area contributed by atoms with Crippen molar-refractivity contribution in [3.63, 3.8) is 0 Å². The predicted octanol–water partition coefficient (Wildman–Crippen LogP) is 1.73. The number of carbonyl (C=O) groups excluding carboxylic acids is 1. The minimum absolute atomic E-state index is 0.0841. The quantitative estimate of drug-likeness (QED) is 0.522. The minimum Gasteiger partial charge on any atom is -0.369 e. The molecule has 1 amide bonds. The molecule has 1 aliphatic rings. The molecule has 1 atom stereocenters. The number of benzene rings is 1. The number of aromatic nitrogens is 1. The molecule has 1 aliphatic heterocycles. The van der Waals surface area contributed by atoms with Gasteiger partial charge in [0.05, 0.1) is 5.75 Å². The van der Waals surface area contributed by atoms with Crippen molar-refractivity contribution in [1.29, 1.82) is 0 Å². The zero-order valence-corrected chi connectivity index (χ0v) is 18.1. The van der Waals surface area contributed by atoms with Crippen LogP contribution in [0.2, 0.25) is 0 Å². The van der Waals surface area contributed by atoms with E-state index in [0.717, 1.165) is 33.3 Å². The summed E-state index contributed by atoms with van der Waals surface area (Å²) in [5, 5.41) is 2.47. The Morgan fingerprint density at radius 1 is 1.28 bits per heavy atom. The highest BCUT2D eigenvalue weighted by molar-refractivity contribution is 7.89. The van der Waals surface area contributed by atoms with Gasteiger partial charge in [0.15, 0.2) is 6.20 Å². The van der Waals surface area contributed by atoms with Crippen molar-refractivity contribution >= 4 is 27.6 Å². The molecule has 13 heteroatoms. The number of rotatable bonds is 3. The van der Waals surface area contributed by atoms with Crippen LogP contribution in [-0.4, -0.2) is 37.4 Å². The molecule has 3 rings (SSSR count). The van der Waals surface area contributed by atoms with Crippen LogP contribution in [0.5, 0.6) is 0 Å². The lowest BCUT2D eigenvalue weighted by Gasteiger charge is -2.34. The summed E-state index contributed by atoms with van der Waals surface area (Å²) in [5.41, 5.74) is 3.11. The minimum atomic E-state index is -4.56. The smallest absolute Gasteiger partial charge is 0.369 e. The lowest BCUT2D eigenvalue weighted by molar-refractivity contribution is -0.674. The van der Waals surface area contributed by atoms with Gasteiger partial charge in [-0.15, -0.1) is 0 Å². The predicted molar refractivity (Wildman–Crippen MR) is 107 cm³/mol.